The number of carbonyl (C=O) groups is 1. The van der Waals surface area contributed by atoms with Crippen LogP contribution in [0.3, 0.4) is 0 Å². The van der Waals surface area contributed by atoms with Crippen molar-refractivity contribution in [2.75, 3.05) is 11.6 Å². The van der Waals surface area contributed by atoms with E-state index in [9.17, 15) is 4.79 Å². The molecule has 0 spiro atoms. The molecule has 3 unspecified atom stereocenters. The zero-order valence-corrected chi connectivity index (χ0v) is 20.6. The van der Waals surface area contributed by atoms with E-state index in [2.05, 4.69) is 66.7 Å². The molecule has 0 bridgehead atoms. The lowest BCUT2D eigenvalue weighted by Gasteiger charge is -2.25. The largest absolute Gasteiger partial charge is 0.369 e. The molecule has 4 nitrogen and oxygen atoms in total. The van der Waals surface area contributed by atoms with Crippen LogP contribution in [0.4, 0.5) is 5.69 Å². The summed E-state index contributed by atoms with van der Waals surface area (Å²) < 4.78 is 8.11. The minimum atomic E-state index is -0.175. The second-order valence-electron chi connectivity index (χ2n) is 7.03. The van der Waals surface area contributed by atoms with Crippen LogP contribution >= 0.6 is 18.8 Å². The van der Waals surface area contributed by atoms with Gasteiger partial charge in [-0.05, 0) is 46.5 Å². The predicted octanol–water partition coefficient (Wildman–Crippen LogP) is 6.02. The third-order valence-electron chi connectivity index (χ3n) is 4.57. The number of anilines is 1. The summed E-state index contributed by atoms with van der Waals surface area (Å²) in [4.78, 5) is 11.1. The zero-order valence-electron chi connectivity index (χ0n) is 18.3. The van der Waals surface area contributed by atoms with Crippen molar-refractivity contribution in [3.63, 3.8) is 0 Å². The number of ether oxygens (including phenoxy) is 1. The molecule has 3 rings (SSSR count). The van der Waals surface area contributed by atoms with Crippen molar-refractivity contribution >= 4 is 30.3 Å². The van der Waals surface area contributed by atoms with Crippen LogP contribution in [-0.4, -0.2) is 22.7 Å². The Bertz CT molecular complexity index is 721. The highest BCUT2D eigenvalue weighted by atomic mass is 31.0. The van der Waals surface area contributed by atoms with E-state index < -0.39 is 0 Å². The van der Waals surface area contributed by atoms with E-state index in [0.29, 0.717) is 12.8 Å². The minimum absolute atomic E-state index is 0.175. The predicted molar refractivity (Wildman–Crippen MR) is 131 cm³/mol. The number of hydrogen-bond acceptors (Lipinski definition) is 4. The van der Waals surface area contributed by atoms with Gasteiger partial charge in [-0.2, -0.15) is 0 Å². The van der Waals surface area contributed by atoms with Crippen LogP contribution in [0, 0.1) is 0 Å². The fourth-order valence-corrected chi connectivity index (χ4v) is 3.21. The Labute approximate surface area is 181 Å². The molecular formula is C23H36N2O2P2. The van der Waals surface area contributed by atoms with Crippen molar-refractivity contribution in [3.8, 4) is 0 Å². The fraction of sp³-hybridized carbons (Fsp3) is 0.435. The van der Waals surface area contributed by atoms with Crippen LogP contribution in [-0.2, 0) is 16.0 Å². The van der Waals surface area contributed by atoms with Crippen molar-refractivity contribution < 1.29 is 9.53 Å². The zero-order chi connectivity index (χ0) is 21.9. The average molecular weight is 435 g/mol. The van der Waals surface area contributed by atoms with E-state index >= 15 is 0 Å². The van der Waals surface area contributed by atoms with Crippen molar-refractivity contribution in [1.82, 2.24) is 4.67 Å². The third kappa shape index (κ3) is 8.52. The second kappa shape index (κ2) is 13.1. The highest BCUT2D eigenvalue weighted by Gasteiger charge is 2.37. The van der Waals surface area contributed by atoms with Crippen molar-refractivity contribution in [2.24, 2.45) is 0 Å². The van der Waals surface area contributed by atoms with Gasteiger partial charge in [0.05, 0.1) is 6.10 Å². The van der Waals surface area contributed by atoms with E-state index in [1.165, 1.54) is 5.56 Å². The van der Waals surface area contributed by atoms with Crippen molar-refractivity contribution in [2.45, 2.75) is 59.3 Å². The summed E-state index contributed by atoms with van der Waals surface area (Å²) in [5.41, 5.74) is 3.20. The smallest absolute Gasteiger partial charge is 0.136 e. The molecule has 1 aliphatic rings. The van der Waals surface area contributed by atoms with Gasteiger partial charge in [-0.1, -0.05) is 72.6 Å². The molecule has 0 aromatic heterocycles. The summed E-state index contributed by atoms with van der Waals surface area (Å²) in [6.07, 6.45) is 1.36. The average Bonchev–Trinajstić information content (AvgIpc) is 3.03. The number of benzene rings is 2. The first-order chi connectivity index (χ1) is 13.9. The molecule has 29 heavy (non-hydrogen) atoms. The van der Waals surface area contributed by atoms with Gasteiger partial charge < -0.3 is 9.82 Å². The molecule has 160 valence electrons. The maximum Gasteiger partial charge on any atom is 0.136 e. The van der Waals surface area contributed by atoms with Gasteiger partial charge in [0, 0.05) is 25.1 Å². The Morgan fingerprint density at radius 2 is 1.72 bits per heavy atom. The minimum Gasteiger partial charge on any atom is -0.369 e. The number of Topliss-reactive ketones (excluding diaryl/α,β-unsaturated/α-hetero) is 1. The first kappa shape index (κ1) is 25.7. The van der Waals surface area contributed by atoms with E-state index in [0.717, 1.165) is 17.8 Å². The number of nitrogens with one attached hydrogen (secondary N) is 1. The van der Waals surface area contributed by atoms with Gasteiger partial charge in [-0.15, -0.1) is 0 Å². The topological polar surface area (TPSA) is 41.6 Å². The Morgan fingerprint density at radius 3 is 2.17 bits per heavy atom. The van der Waals surface area contributed by atoms with E-state index in [-0.39, 0.29) is 17.6 Å². The number of ketones is 1. The molecule has 2 aromatic rings. The van der Waals surface area contributed by atoms with Gasteiger partial charge in [0.2, 0.25) is 0 Å². The van der Waals surface area contributed by atoms with Crippen LogP contribution in [0.2, 0.25) is 0 Å². The Balaban J connectivity index is 0.000000268. The van der Waals surface area contributed by atoms with Gasteiger partial charge in [0.1, 0.15) is 11.5 Å². The Morgan fingerprint density at radius 1 is 1.14 bits per heavy atom. The van der Waals surface area contributed by atoms with Crippen molar-refractivity contribution in [3.05, 3.63) is 65.7 Å². The maximum atomic E-state index is 11.1. The quantitative estimate of drug-likeness (QED) is 0.584. The molecule has 1 fully saturated rings. The van der Waals surface area contributed by atoms with Gasteiger partial charge in [-0.25, -0.2) is 0 Å². The summed E-state index contributed by atoms with van der Waals surface area (Å²) in [6, 6.07) is 18.2. The Kier molecular flexibility index (Phi) is 11.6. The van der Waals surface area contributed by atoms with E-state index in [1.807, 2.05) is 51.1 Å². The van der Waals surface area contributed by atoms with Crippen LogP contribution in [0.25, 0.3) is 0 Å². The first-order valence-corrected chi connectivity index (χ1v) is 11.3. The van der Waals surface area contributed by atoms with Crippen LogP contribution < -0.4 is 5.09 Å². The second-order valence-corrected chi connectivity index (χ2v) is 7.94. The molecule has 1 saturated heterocycles. The van der Waals surface area contributed by atoms with Gasteiger partial charge >= 0.3 is 0 Å². The molecular weight excluding hydrogens is 398 g/mol. The highest BCUT2D eigenvalue weighted by Crippen LogP contribution is 2.37. The molecule has 0 saturated carbocycles. The number of carbonyl (C=O) groups excluding carboxylic acids is 1. The van der Waals surface area contributed by atoms with Crippen LogP contribution in [0.1, 0.15) is 58.3 Å². The number of nitrogens with zero attached hydrogens (tertiary/aromatic N) is 1. The maximum absolute atomic E-state index is 11.1. The summed E-state index contributed by atoms with van der Waals surface area (Å²) in [5, 5.41) is 2.95. The number of rotatable bonds is 5. The lowest BCUT2D eigenvalue weighted by atomic mass is 10.1. The molecule has 2 aromatic carbocycles. The standard InChI is InChI=1S/C11H16NOP.C10H14NOP.C2H6/c1-11(2)12(14)8-10(13-11)9-6-4-3-5-7-9;1-2-10(12)7-8-3-5-9(11-13)6-4-8;1-2/h3-7,10H,8,14H2,1-2H3;3-6,11H,2,7,13H2,1H3;1-2H3. The first-order valence-electron chi connectivity index (χ1n) is 10.2. The molecule has 6 heteroatoms. The third-order valence-corrected chi connectivity index (χ3v) is 5.74. The molecule has 0 radical (unpaired) electrons. The molecule has 3 atom stereocenters. The monoisotopic (exact) mass is 434 g/mol. The summed E-state index contributed by atoms with van der Waals surface area (Å²) in [7, 11) is 5.16. The number of hydrogen-bond donors (Lipinski definition) is 1. The van der Waals surface area contributed by atoms with E-state index in [4.69, 9.17) is 4.74 Å². The molecule has 1 aliphatic heterocycles. The molecule has 0 amide bonds. The van der Waals surface area contributed by atoms with Gasteiger partial charge in [0.15, 0.2) is 0 Å². The van der Waals surface area contributed by atoms with Gasteiger partial charge in [0.25, 0.3) is 0 Å². The summed E-state index contributed by atoms with van der Waals surface area (Å²) >= 11 is 0. The van der Waals surface area contributed by atoms with Gasteiger partial charge in [-0.3, -0.25) is 9.46 Å². The Hall–Kier alpha value is -1.31. The molecule has 1 heterocycles. The SMILES string of the molecule is CC.CC1(C)OC(c2ccccc2)CN1P.CCC(=O)Cc1ccc(NP)cc1. The summed E-state index contributed by atoms with van der Waals surface area (Å²) in [6.45, 7) is 11.0. The lowest BCUT2D eigenvalue weighted by molar-refractivity contribution is -0.118. The lowest BCUT2D eigenvalue weighted by Crippen LogP contribution is -2.31. The molecule has 1 N–H and O–H groups in total. The van der Waals surface area contributed by atoms with Crippen LogP contribution in [0.5, 0.6) is 0 Å². The summed E-state index contributed by atoms with van der Waals surface area (Å²) in [5.74, 6) is 0.284. The fourth-order valence-electron chi connectivity index (χ4n) is 2.76. The highest BCUT2D eigenvalue weighted by molar-refractivity contribution is 7.18. The molecule has 0 aliphatic carbocycles. The van der Waals surface area contributed by atoms with E-state index in [1.54, 1.807) is 0 Å². The normalized spacial score (nSPS) is 17.4. The van der Waals surface area contributed by atoms with Crippen molar-refractivity contribution in [1.29, 1.82) is 0 Å². The van der Waals surface area contributed by atoms with Crippen LogP contribution in [0.15, 0.2) is 54.6 Å².